The number of amides is 2. The van der Waals surface area contributed by atoms with E-state index in [1.165, 1.54) is 21.1 Å². The number of hydrogen-bond donors (Lipinski definition) is 2. The molecule has 2 heterocycles. The summed E-state index contributed by atoms with van der Waals surface area (Å²) in [6.45, 7) is 4.49. The van der Waals surface area contributed by atoms with Gasteiger partial charge in [0.1, 0.15) is 16.3 Å². The molecule has 1 aromatic carbocycles. The van der Waals surface area contributed by atoms with Gasteiger partial charge in [0, 0.05) is 26.3 Å². The van der Waals surface area contributed by atoms with Crippen LogP contribution in [-0.2, 0) is 21.9 Å². The number of ether oxygens (including phenoxy) is 1. The normalized spacial score (nSPS) is 14.5. The van der Waals surface area contributed by atoms with Crippen LogP contribution in [-0.4, -0.2) is 48.8 Å². The second-order valence-corrected chi connectivity index (χ2v) is 9.28. The molecule has 2 N–H and O–H groups in total. The maximum atomic E-state index is 12.7. The van der Waals surface area contributed by atoms with Crippen LogP contribution in [0.5, 0.6) is 5.75 Å². The molecule has 1 saturated heterocycles. The first-order chi connectivity index (χ1) is 14.2. The van der Waals surface area contributed by atoms with Crippen molar-refractivity contribution in [2.45, 2.75) is 31.6 Å². The first-order valence-corrected chi connectivity index (χ1v) is 11.1. The molecule has 2 amide bonds. The monoisotopic (exact) mass is 434 g/mol. The molecule has 30 heavy (non-hydrogen) atoms. The number of carbonyl (C=O) groups is 2. The Morgan fingerprint density at radius 1 is 1.10 bits per heavy atom. The summed E-state index contributed by atoms with van der Waals surface area (Å²) in [6, 6.07) is 6.98. The molecule has 162 valence electrons. The predicted molar refractivity (Wildman–Crippen MR) is 110 cm³/mol. The molecule has 10 heteroatoms. The molecule has 0 spiro atoms. The lowest BCUT2D eigenvalue weighted by molar-refractivity contribution is -0.123. The molecule has 1 aliphatic heterocycles. The van der Waals surface area contributed by atoms with Crippen LogP contribution in [0.25, 0.3) is 0 Å². The largest absolute Gasteiger partial charge is 0.483 e. The Kier molecular flexibility index (Phi) is 6.47. The van der Waals surface area contributed by atoms with Gasteiger partial charge in [0.2, 0.25) is 10.0 Å². The van der Waals surface area contributed by atoms with Gasteiger partial charge in [0.05, 0.1) is 0 Å². The number of nitrogens with one attached hydrogen (secondary N) is 2. The van der Waals surface area contributed by atoms with E-state index in [0.717, 1.165) is 24.0 Å². The number of benzene rings is 1. The SMILES string of the molecule is Cc1ccc(C)c(OCC(=O)NNC(=O)c2cc(S(=O)(=O)N3CCCC3)cn2C)c1. The molecule has 0 bridgehead atoms. The summed E-state index contributed by atoms with van der Waals surface area (Å²) in [5.74, 6) is -0.570. The number of hydrazine groups is 1. The van der Waals surface area contributed by atoms with Gasteiger partial charge in [0.25, 0.3) is 11.8 Å². The highest BCUT2D eigenvalue weighted by Crippen LogP contribution is 2.22. The Morgan fingerprint density at radius 2 is 1.80 bits per heavy atom. The molecule has 2 aromatic rings. The summed E-state index contributed by atoms with van der Waals surface area (Å²) in [4.78, 5) is 24.5. The predicted octanol–water partition coefficient (Wildman–Crippen LogP) is 1.27. The maximum absolute atomic E-state index is 12.7. The number of carbonyl (C=O) groups excluding carboxylic acids is 2. The molecule has 0 unspecified atom stereocenters. The van der Waals surface area contributed by atoms with Gasteiger partial charge in [-0.15, -0.1) is 0 Å². The molecule has 1 aromatic heterocycles. The molecule has 3 rings (SSSR count). The first-order valence-electron chi connectivity index (χ1n) is 9.64. The standard InChI is InChI=1S/C20H26N4O5S/c1-14-6-7-15(2)18(10-14)29-13-19(25)21-22-20(26)17-11-16(12-23(17)3)30(27,28)24-8-4-5-9-24/h6-7,10-12H,4-5,8-9,13H2,1-3H3,(H,21,25)(H,22,26). The summed E-state index contributed by atoms with van der Waals surface area (Å²) in [5.41, 5.74) is 6.59. The highest BCUT2D eigenvalue weighted by molar-refractivity contribution is 7.89. The Hall–Kier alpha value is -2.85. The van der Waals surface area contributed by atoms with Gasteiger partial charge < -0.3 is 9.30 Å². The third-order valence-corrected chi connectivity index (χ3v) is 6.80. The Labute approximate surface area is 176 Å². The van der Waals surface area contributed by atoms with Crippen molar-refractivity contribution in [3.8, 4) is 5.75 Å². The summed E-state index contributed by atoms with van der Waals surface area (Å²) in [6.07, 6.45) is 3.05. The smallest absolute Gasteiger partial charge is 0.286 e. The minimum atomic E-state index is -3.63. The number of hydrogen-bond acceptors (Lipinski definition) is 5. The van der Waals surface area contributed by atoms with E-state index in [4.69, 9.17) is 4.74 Å². The molecule has 9 nitrogen and oxygen atoms in total. The average Bonchev–Trinajstić information content (AvgIpc) is 3.37. The fraction of sp³-hybridized carbons (Fsp3) is 0.400. The van der Waals surface area contributed by atoms with Crippen molar-refractivity contribution in [1.82, 2.24) is 19.7 Å². The van der Waals surface area contributed by atoms with Crippen LogP contribution in [0.1, 0.15) is 34.5 Å². The van der Waals surface area contributed by atoms with Gasteiger partial charge >= 0.3 is 0 Å². The third kappa shape index (κ3) is 4.82. The van der Waals surface area contributed by atoms with Crippen molar-refractivity contribution >= 4 is 21.8 Å². The minimum absolute atomic E-state index is 0.0571. The Morgan fingerprint density at radius 3 is 2.50 bits per heavy atom. The molecule has 0 saturated carbocycles. The van der Waals surface area contributed by atoms with E-state index < -0.39 is 21.8 Å². The van der Waals surface area contributed by atoms with E-state index in [2.05, 4.69) is 10.9 Å². The molecular weight excluding hydrogens is 408 g/mol. The van der Waals surface area contributed by atoms with Crippen LogP contribution in [0.2, 0.25) is 0 Å². The minimum Gasteiger partial charge on any atom is -0.483 e. The molecule has 0 atom stereocenters. The number of aromatic nitrogens is 1. The van der Waals surface area contributed by atoms with E-state index in [1.807, 2.05) is 32.0 Å². The first kappa shape index (κ1) is 21.8. The van der Waals surface area contributed by atoms with E-state index in [9.17, 15) is 18.0 Å². The van der Waals surface area contributed by atoms with Crippen LogP contribution in [0.15, 0.2) is 35.4 Å². The van der Waals surface area contributed by atoms with Crippen molar-refractivity contribution < 1.29 is 22.7 Å². The highest BCUT2D eigenvalue weighted by Gasteiger charge is 2.29. The van der Waals surface area contributed by atoms with E-state index in [1.54, 1.807) is 7.05 Å². The van der Waals surface area contributed by atoms with Gasteiger partial charge in [-0.05, 0) is 49.9 Å². The van der Waals surface area contributed by atoms with Gasteiger partial charge in [0.15, 0.2) is 6.61 Å². The van der Waals surface area contributed by atoms with E-state index in [0.29, 0.717) is 18.8 Å². The van der Waals surface area contributed by atoms with Crippen molar-refractivity contribution in [3.05, 3.63) is 47.3 Å². The number of rotatable bonds is 6. The molecular formula is C20H26N4O5S. The third-order valence-electron chi connectivity index (χ3n) is 4.93. The van der Waals surface area contributed by atoms with Gasteiger partial charge in [-0.1, -0.05) is 12.1 Å². The van der Waals surface area contributed by atoms with Gasteiger partial charge in [-0.2, -0.15) is 4.31 Å². The van der Waals surface area contributed by atoms with E-state index in [-0.39, 0.29) is 17.2 Å². The highest BCUT2D eigenvalue weighted by atomic mass is 32.2. The Bertz CT molecular complexity index is 1060. The lowest BCUT2D eigenvalue weighted by atomic mass is 10.1. The lowest BCUT2D eigenvalue weighted by Crippen LogP contribution is -2.44. The topological polar surface area (TPSA) is 110 Å². The fourth-order valence-corrected chi connectivity index (χ4v) is 4.80. The van der Waals surface area contributed by atoms with Crippen LogP contribution < -0.4 is 15.6 Å². The second-order valence-electron chi connectivity index (χ2n) is 7.34. The molecule has 0 aliphatic carbocycles. The second kappa shape index (κ2) is 8.88. The summed E-state index contributed by atoms with van der Waals surface area (Å²) in [7, 11) is -2.05. The van der Waals surface area contributed by atoms with Crippen LogP contribution in [0.4, 0.5) is 0 Å². The summed E-state index contributed by atoms with van der Waals surface area (Å²) in [5, 5.41) is 0. The van der Waals surface area contributed by atoms with Crippen molar-refractivity contribution in [2.24, 2.45) is 7.05 Å². The Balaban J connectivity index is 1.57. The number of nitrogens with zero attached hydrogens (tertiary/aromatic N) is 2. The average molecular weight is 435 g/mol. The molecule has 1 fully saturated rings. The fourth-order valence-electron chi connectivity index (χ4n) is 3.21. The summed E-state index contributed by atoms with van der Waals surface area (Å²) >= 11 is 0. The quantitative estimate of drug-likeness (QED) is 0.666. The zero-order chi connectivity index (χ0) is 21.9. The maximum Gasteiger partial charge on any atom is 0.286 e. The van der Waals surface area contributed by atoms with Crippen molar-refractivity contribution in [3.63, 3.8) is 0 Å². The van der Waals surface area contributed by atoms with Crippen molar-refractivity contribution in [1.29, 1.82) is 0 Å². The van der Waals surface area contributed by atoms with Gasteiger partial charge in [-0.3, -0.25) is 20.4 Å². The van der Waals surface area contributed by atoms with Gasteiger partial charge in [-0.25, -0.2) is 8.42 Å². The van der Waals surface area contributed by atoms with Crippen LogP contribution in [0.3, 0.4) is 0 Å². The van der Waals surface area contributed by atoms with Crippen LogP contribution in [0, 0.1) is 13.8 Å². The molecule has 0 radical (unpaired) electrons. The van der Waals surface area contributed by atoms with Crippen molar-refractivity contribution in [2.75, 3.05) is 19.7 Å². The zero-order valence-electron chi connectivity index (χ0n) is 17.3. The lowest BCUT2D eigenvalue weighted by Gasteiger charge is -2.13. The number of sulfonamides is 1. The summed E-state index contributed by atoms with van der Waals surface area (Å²) < 4.78 is 33.6. The zero-order valence-corrected chi connectivity index (χ0v) is 18.1. The van der Waals surface area contributed by atoms with Crippen LogP contribution >= 0.6 is 0 Å². The number of aryl methyl sites for hydroxylation is 3. The van der Waals surface area contributed by atoms with E-state index >= 15 is 0 Å². The molecule has 1 aliphatic rings.